The summed E-state index contributed by atoms with van der Waals surface area (Å²) in [5.74, 6) is 1.02. The molecule has 1 aromatic carbocycles. The second-order valence-corrected chi connectivity index (χ2v) is 7.82. The van der Waals surface area contributed by atoms with Crippen molar-refractivity contribution >= 4 is 35.4 Å². The second-order valence-electron chi connectivity index (χ2n) is 6.55. The molecule has 0 unspecified atom stereocenters. The molecule has 8 heteroatoms. The Kier molecular flexibility index (Phi) is 6.03. The number of hydrogen-bond donors (Lipinski definition) is 3. The van der Waals surface area contributed by atoms with E-state index in [-0.39, 0.29) is 30.0 Å². The minimum atomic E-state index is -0.259. The van der Waals surface area contributed by atoms with E-state index in [1.807, 2.05) is 11.8 Å². The number of anilines is 1. The molecule has 1 aromatic rings. The number of fused-ring (bicyclic) bond motifs is 1. The van der Waals surface area contributed by atoms with Gasteiger partial charge >= 0.3 is 12.0 Å². The molecule has 0 aliphatic carbocycles. The third-order valence-electron chi connectivity index (χ3n) is 4.46. The third kappa shape index (κ3) is 4.91. The van der Waals surface area contributed by atoms with Crippen LogP contribution in [0.4, 0.5) is 10.5 Å². The standard InChI is InChI=1S/C18H23N3O4S/c1-11(22)19-12-6-8-13(9-7-12)25-16(23)5-3-2-4-15-17-14(10-26-15)20-18(24)21-17/h6-9,14-15,17H,2-5,10H2,1H3,(H,19,22)(H2,20,21,24)/t14-,15-,17-/m0/s1. The maximum absolute atomic E-state index is 11.9. The predicted octanol–water partition coefficient (Wildman–Crippen LogP) is 2.28. The van der Waals surface area contributed by atoms with Crippen molar-refractivity contribution < 1.29 is 19.1 Å². The molecule has 3 N–H and O–H groups in total. The maximum atomic E-state index is 11.9. The third-order valence-corrected chi connectivity index (χ3v) is 5.97. The van der Waals surface area contributed by atoms with Crippen LogP contribution in [-0.4, -0.2) is 41.0 Å². The molecule has 3 amide bonds. The van der Waals surface area contributed by atoms with Crippen LogP contribution in [0.5, 0.6) is 5.75 Å². The lowest BCUT2D eigenvalue weighted by Crippen LogP contribution is -2.36. The zero-order valence-electron chi connectivity index (χ0n) is 14.6. The first kappa shape index (κ1) is 18.6. The van der Waals surface area contributed by atoms with Crippen LogP contribution in [0, 0.1) is 0 Å². The Morgan fingerprint density at radius 3 is 2.73 bits per heavy atom. The number of carbonyl (C=O) groups is 3. The average Bonchev–Trinajstić information content (AvgIpc) is 3.12. The number of urea groups is 1. The van der Waals surface area contributed by atoms with Gasteiger partial charge in [0.2, 0.25) is 5.91 Å². The minimum absolute atomic E-state index is 0.0709. The summed E-state index contributed by atoms with van der Waals surface area (Å²) in [6.07, 6.45) is 3.03. The van der Waals surface area contributed by atoms with Gasteiger partial charge in [-0.2, -0.15) is 11.8 Å². The number of nitrogens with one attached hydrogen (secondary N) is 3. The van der Waals surface area contributed by atoms with E-state index in [0.29, 0.717) is 23.1 Å². The number of esters is 1. The molecule has 0 bridgehead atoms. The topological polar surface area (TPSA) is 96.5 Å². The Morgan fingerprint density at radius 2 is 2.00 bits per heavy atom. The largest absolute Gasteiger partial charge is 0.427 e. The van der Waals surface area contributed by atoms with Crippen LogP contribution in [0.3, 0.4) is 0 Å². The molecule has 0 saturated carbocycles. The van der Waals surface area contributed by atoms with E-state index < -0.39 is 0 Å². The first-order valence-electron chi connectivity index (χ1n) is 8.78. The highest BCUT2D eigenvalue weighted by Gasteiger charge is 2.42. The van der Waals surface area contributed by atoms with Gasteiger partial charge in [-0.1, -0.05) is 6.42 Å². The van der Waals surface area contributed by atoms with E-state index in [0.717, 1.165) is 25.0 Å². The number of rotatable bonds is 7. The lowest BCUT2D eigenvalue weighted by molar-refractivity contribution is -0.134. The fourth-order valence-electron chi connectivity index (χ4n) is 3.25. The molecule has 3 rings (SSSR count). The highest BCUT2D eigenvalue weighted by atomic mass is 32.2. The number of benzene rings is 1. The van der Waals surface area contributed by atoms with Crippen LogP contribution in [0.25, 0.3) is 0 Å². The summed E-state index contributed by atoms with van der Waals surface area (Å²) < 4.78 is 5.31. The van der Waals surface area contributed by atoms with Crippen molar-refractivity contribution in [2.45, 2.75) is 49.9 Å². The Balaban J connectivity index is 1.34. The van der Waals surface area contributed by atoms with Crippen molar-refractivity contribution in [3.8, 4) is 5.75 Å². The molecular formula is C18H23N3O4S. The molecule has 3 atom stereocenters. The molecule has 7 nitrogen and oxygen atoms in total. The van der Waals surface area contributed by atoms with Crippen molar-refractivity contribution in [1.29, 1.82) is 0 Å². The minimum Gasteiger partial charge on any atom is -0.427 e. The van der Waals surface area contributed by atoms with Crippen LogP contribution in [-0.2, 0) is 9.59 Å². The van der Waals surface area contributed by atoms with Gasteiger partial charge in [0.15, 0.2) is 0 Å². The van der Waals surface area contributed by atoms with Crippen molar-refractivity contribution in [3.05, 3.63) is 24.3 Å². The summed E-state index contributed by atoms with van der Waals surface area (Å²) in [6, 6.07) is 7.09. The monoisotopic (exact) mass is 377 g/mol. The number of carbonyl (C=O) groups excluding carboxylic acids is 3. The van der Waals surface area contributed by atoms with Gasteiger partial charge in [-0.25, -0.2) is 4.79 Å². The van der Waals surface area contributed by atoms with Gasteiger partial charge in [-0.15, -0.1) is 0 Å². The summed E-state index contributed by atoms with van der Waals surface area (Å²) in [5, 5.41) is 8.98. The summed E-state index contributed by atoms with van der Waals surface area (Å²) in [5.41, 5.74) is 0.665. The van der Waals surface area contributed by atoms with Crippen molar-refractivity contribution in [3.63, 3.8) is 0 Å². The van der Waals surface area contributed by atoms with Gasteiger partial charge in [0.25, 0.3) is 0 Å². The van der Waals surface area contributed by atoms with E-state index in [4.69, 9.17) is 4.74 Å². The van der Waals surface area contributed by atoms with Crippen LogP contribution >= 0.6 is 11.8 Å². The average molecular weight is 377 g/mol. The number of amides is 3. The van der Waals surface area contributed by atoms with Crippen LogP contribution in [0.15, 0.2) is 24.3 Å². The first-order valence-corrected chi connectivity index (χ1v) is 9.83. The fourth-order valence-corrected chi connectivity index (χ4v) is 4.79. The molecule has 2 aliphatic heterocycles. The van der Waals surface area contributed by atoms with Gasteiger partial charge in [0.1, 0.15) is 5.75 Å². The van der Waals surface area contributed by atoms with Crippen LogP contribution in [0.1, 0.15) is 32.6 Å². The Hall–Kier alpha value is -2.22. The van der Waals surface area contributed by atoms with Gasteiger partial charge in [0.05, 0.1) is 12.1 Å². The molecule has 2 saturated heterocycles. The Morgan fingerprint density at radius 1 is 1.23 bits per heavy atom. The first-order chi connectivity index (χ1) is 12.5. The van der Waals surface area contributed by atoms with Crippen molar-refractivity contribution in [2.75, 3.05) is 11.1 Å². The summed E-state index contributed by atoms with van der Waals surface area (Å²) >= 11 is 1.88. The molecule has 140 valence electrons. The van der Waals surface area contributed by atoms with E-state index >= 15 is 0 Å². The van der Waals surface area contributed by atoms with Crippen LogP contribution in [0.2, 0.25) is 0 Å². The Bertz CT molecular complexity index is 680. The molecule has 0 spiro atoms. The summed E-state index contributed by atoms with van der Waals surface area (Å²) in [7, 11) is 0. The fraction of sp³-hybridized carbons (Fsp3) is 0.500. The van der Waals surface area contributed by atoms with E-state index in [1.165, 1.54) is 6.92 Å². The molecule has 0 aromatic heterocycles. The molecule has 2 fully saturated rings. The summed E-state index contributed by atoms with van der Waals surface area (Å²) in [6.45, 7) is 1.44. The van der Waals surface area contributed by atoms with E-state index in [1.54, 1.807) is 24.3 Å². The Labute approximate surface area is 156 Å². The lowest BCUT2D eigenvalue weighted by Gasteiger charge is -2.16. The van der Waals surface area contributed by atoms with Gasteiger partial charge in [0, 0.05) is 30.0 Å². The van der Waals surface area contributed by atoms with Gasteiger partial charge < -0.3 is 20.7 Å². The van der Waals surface area contributed by atoms with Crippen molar-refractivity contribution in [2.24, 2.45) is 0 Å². The quantitative estimate of drug-likeness (QED) is 0.293. The molecule has 2 aliphatic rings. The zero-order chi connectivity index (χ0) is 18.5. The summed E-state index contributed by atoms with van der Waals surface area (Å²) in [4.78, 5) is 34.3. The van der Waals surface area contributed by atoms with Crippen molar-refractivity contribution in [1.82, 2.24) is 10.6 Å². The number of thioether (sulfide) groups is 1. The molecule has 26 heavy (non-hydrogen) atoms. The lowest BCUT2D eigenvalue weighted by atomic mass is 10.0. The predicted molar refractivity (Wildman–Crippen MR) is 100 cm³/mol. The highest BCUT2D eigenvalue weighted by molar-refractivity contribution is 8.00. The smallest absolute Gasteiger partial charge is 0.315 e. The maximum Gasteiger partial charge on any atom is 0.315 e. The molecule has 2 heterocycles. The van der Waals surface area contributed by atoms with Gasteiger partial charge in [-0.05, 0) is 37.1 Å². The van der Waals surface area contributed by atoms with Gasteiger partial charge in [-0.3, -0.25) is 9.59 Å². The number of hydrogen-bond acceptors (Lipinski definition) is 5. The molecular weight excluding hydrogens is 354 g/mol. The number of ether oxygens (including phenoxy) is 1. The SMILES string of the molecule is CC(=O)Nc1ccc(OC(=O)CCCC[C@@H]2SC[C@@H]3NC(=O)N[C@@H]32)cc1. The van der Waals surface area contributed by atoms with E-state index in [9.17, 15) is 14.4 Å². The zero-order valence-corrected chi connectivity index (χ0v) is 15.4. The molecule has 0 radical (unpaired) electrons. The number of unbranched alkanes of at least 4 members (excludes halogenated alkanes) is 1. The second kappa shape index (κ2) is 8.44. The highest BCUT2D eigenvalue weighted by Crippen LogP contribution is 2.33. The van der Waals surface area contributed by atoms with Crippen LogP contribution < -0.4 is 20.7 Å². The normalized spacial score (nSPS) is 23.7. The van der Waals surface area contributed by atoms with E-state index in [2.05, 4.69) is 16.0 Å².